The normalized spacial score (nSPS) is 23.4. The molecular weight excluding hydrogens is 248 g/mol. The Morgan fingerprint density at radius 1 is 1.44 bits per heavy atom. The van der Waals surface area contributed by atoms with Crippen LogP contribution in [-0.2, 0) is 24.1 Å². The van der Waals surface area contributed by atoms with Gasteiger partial charge in [0.25, 0.3) is 0 Å². The van der Waals surface area contributed by atoms with Gasteiger partial charge in [0.2, 0.25) is 5.76 Å². The zero-order chi connectivity index (χ0) is 12.5. The van der Waals surface area contributed by atoms with Crippen LogP contribution >= 0.6 is 0 Å². The Hall–Kier alpha value is -1.36. The van der Waals surface area contributed by atoms with E-state index in [1.807, 2.05) is 0 Å². The Kier molecular flexibility index (Phi) is 3.38. The van der Waals surface area contributed by atoms with Gasteiger partial charge in [-0.15, -0.1) is 0 Å². The lowest BCUT2D eigenvalue weighted by Crippen LogP contribution is -2.36. The summed E-state index contributed by atoms with van der Waals surface area (Å²) >= 11 is 0. The Morgan fingerprint density at radius 3 is 2.31 bits per heavy atom. The number of cyclic esters (lactones) is 1. The number of hydrogen-bond donors (Lipinski definition) is 4. The summed E-state index contributed by atoms with van der Waals surface area (Å²) < 4.78 is 37.3. The van der Waals surface area contributed by atoms with Crippen molar-refractivity contribution in [2.75, 3.05) is 6.61 Å². The van der Waals surface area contributed by atoms with E-state index >= 15 is 0 Å². The highest BCUT2D eigenvalue weighted by Crippen LogP contribution is 2.23. The molecule has 9 nitrogen and oxygen atoms in total. The highest BCUT2D eigenvalue weighted by molar-refractivity contribution is 7.80. The molecule has 0 radical (unpaired) electrons. The maximum absolute atomic E-state index is 10.7. The zero-order valence-electron chi connectivity index (χ0n) is 7.60. The molecule has 0 aromatic rings. The number of aliphatic hydroxyl groups excluding tert-OH is 3. The van der Waals surface area contributed by atoms with Crippen LogP contribution in [0.2, 0.25) is 0 Å². The van der Waals surface area contributed by atoms with Crippen molar-refractivity contribution in [3.8, 4) is 0 Å². The third-order valence-electron chi connectivity index (χ3n) is 1.70. The van der Waals surface area contributed by atoms with Crippen molar-refractivity contribution >= 4 is 16.4 Å². The SMILES string of the molecule is O=C1O[C@H]([C@H](CO)OS(=O)(=O)O)C(O)=C1O. The van der Waals surface area contributed by atoms with E-state index in [-0.39, 0.29) is 0 Å². The van der Waals surface area contributed by atoms with Crippen LogP contribution in [-0.4, -0.2) is 53.1 Å². The number of esters is 1. The average molecular weight is 256 g/mol. The first-order valence-electron chi connectivity index (χ1n) is 3.86. The third-order valence-corrected chi connectivity index (χ3v) is 2.19. The monoisotopic (exact) mass is 256 g/mol. The first kappa shape index (κ1) is 12.7. The summed E-state index contributed by atoms with van der Waals surface area (Å²) in [7, 11) is -4.90. The lowest BCUT2D eigenvalue weighted by atomic mass is 10.2. The van der Waals surface area contributed by atoms with E-state index in [4.69, 9.17) is 19.9 Å². The lowest BCUT2D eigenvalue weighted by Gasteiger charge is -2.18. The van der Waals surface area contributed by atoms with Crippen LogP contribution in [0.15, 0.2) is 11.5 Å². The van der Waals surface area contributed by atoms with E-state index in [1.54, 1.807) is 0 Å². The van der Waals surface area contributed by atoms with Crippen molar-refractivity contribution in [3.63, 3.8) is 0 Å². The van der Waals surface area contributed by atoms with Crippen LogP contribution in [0, 0.1) is 0 Å². The molecule has 0 aliphatic carbocycles. The first-order chi connectivity index (χ1) is 7.26. The zero-order valence-corrected chi connectivity index (χ0v) is 8.42. The van der Waals surface area contributed by atoms with Crippen LogP contribution in [0.25, 0.3) is 0 Å². The van der Waals surface area contributed by atoms with E-state index in [9.17, 15) is 13.2 Å². The average Bonchev–Trinajstić information content (AvgIpc) is 2.41. The molecule has 0 aromatic heterocycles. The maximum Gasteiger partial charge on any atom is 0.397 e. The second kappa shape index (κ2) is 4.25. The molecule has 2 atom stereocenters. The minimum Gasteiger partial charge on any atom is -0.505 e. The van der Waals surface area contributed by atoms with Crippen LogP contribution in [0.5, 0.6) is 0 Å². The topological polar surface area (TPSA) is 151 Å². The van der Waals surface area contributed by atoms with Crippen molar-refractivity contribution in [1.29, 1.82) is 0 Å². The quantitative estimate of drug-likeness (QED) is 0.345. The summed E-state index contributed by atoms with van der Waals surface area (Å²) in [5, 5.41) is 26.8. The smallest absolute Gasteiger partial charge is 0.397 e. The molecule has 16 heavy (non-hydrogen) atoms. The number of aliphatic hydroxyl groups is 3. The summed E-state index contributed by atoms with van der Waals surface area (Å²) in [4.78, 5) is 10.7. The number of rotatable bonds is 4. The summed E-state index contributed by atoms with van der Waals surface area (Å²) in [5.74, 6) is -3.38. The first-order valence-corrected chi connectivity index (χ1v) is 5.22. The minimum atomic E-state index is -4.90. The molecule has 1 aliphatic heterocycles. The molecule has 1 rings (SSSR count). The molecule has 0 amide bonds. The Labute approximate surface area is 89.5 Å². The van der Waals surface area contributed by atoms with E-state index in [2.05, 4.69) is 8.92 Å². The highest BCUT2D eigenvalue weighted by Gasteiger charge is 2.42. The van der Waals surface area contributed by atoms with Gasteiger partial charge in [-0.1, -0.05) is 0 Å². The third kappa shape index (κ3) is 2.61. The fourth-order valence-electron chi connectivity index (χ4n) is 1.05. The van der Waals surface area contributed by atoms with Gasteiger partial charge in [-0.05, 0) is 0 Å². The number of hydrogen-bond acceptors (Lipinski definition) is 8. The van der Waals surface area contributed by atoms with Crippen molar-refractivity contribution in [2.24, 2.45) is 0 Å². The number of carbonyl (C=O) groups excluding carboxylic acids is 1. The van der Waals surface area contributed by atoms with Crippen LogP contribution in [0.1, 0.15) is 0 Å². The predicted molar refractivity (Wildman–Crippen MR) is 45.7 cm³/mol. The molecule has 1 aliphatic rings. The van der Waals surface area contributed by atoms with Gasteiger partial charge in [-0.2, -0.15) is 8.42 Å². The second-order valence-electron chi connectivity index (χ2n) is 2.80. The van der Waals surface area contributed by atoms with Crippen LogP contribution < -0.4 is 0 Å². The van der Waals surface area contributed by atoms with E-state index in [0.717, 1.165) is 0 Å². The minimum absolute atomic E-state index is 0.977. The molecule has 92 valence electrons. The van der Waals surface area contributed by atoms with Crippen molar-refractivity contribution < 1.29 is 42.0 Å². The Balaban J connectivity index is 2.89. The Bertz CT molecular complexity index is 421. The van der Waals surface area contributed by atoms with Gasteiger partial charge >= 0.3 is 16.4 Å². The largest absolute Gasteiger partial charge is 0.505 e. The highest BCUT2D eigenvalue weighted by atomic mass is 32.3. The van der Waals surface area contributed by atoms with Crippen molar-refractivity contribution in [2.45, 2.75) is 12.2 Å². The van der Waals surface area contributed by atoms with Crippen molar-refractivity contribution in [1.82, 2.24) is 0 Å². The van der Waals surface area contributed by atoms with Gasteiger partial charge in [0.05, 0.1) is 6.61 Å². The molecular formula is C6H8O9S. The molecule has 0 bridgehead atoms. The van der Waals surface area contributed by atoms with Crippen LogP contribution in [0.3, 0.4) is 0 Å². The van der Waals surface area contributed by atoms with E-state index < -0.39 is 46.7 Å². The fraction of sp³-hybridized carbons (Fsp3) is 0.500. The van der Waals surface area contributed by atoms with Gasteiger partial charge in [0.15, 0.2) is 11.9 Å². The molecule has 0 unspecified atom stereocenters. The van der Waals surface area contributed by atoms with E-state index in [0.29, 0.717) is 0 Å². The lowest BCUT2D eigenvalue weighted by molar-refractivity contribution is -0.146. The molecule has 4 N–H and O–H groups in total. The molecule has 0 fully saturated rings. The number of ether oxygens (including phenoxy) is 1. The molecule has 0 saturated carbocycles. The standard InChI is InChI=1S/C6H8O9S/c7-1-2(15-16(11,12)13)5-3(8)4(9)6(10)14-5/h2,5,7-9H,1H2,(H,11,12,13)/t2-,5+/m0/s1. The molecule has 10 heteroatoms. The van der Waals surface area contributed by atoms with Gasteiger partial charge in [-0.3, -0.25) is 4.55 Å². The van der Waals surface area contributed by atoms with Crippen LogP contribution in [0.4, 0.5) is 0 Å². The summed E-state index contributed by atoms with van der Waals surface area (Å²) in [6.07, 6.45) is -3.44. The summed E-state index contributed by atoms with van der Waals surface area (Å²) in [5.41, 5.74) is 0. The van der Waals surface area contributed by atoms with Gasteiger partial charge in [-0.25, -0.2) is 8.98 Å². The maximum atomic E-state index is 10.7. The van der Waals surface area contributed by atoms with Crippen molar-refractivity contribution in [3.05, 3.63) is 11.5 Å². The number of carbonyl (C=O) groups is 1. The van der Waals surface area contributed by atoms with Gasteiger partial charge < -0.3 is 20.1 Å². The molecule has 0 saturated heterocycles. The molecule has 0 aromatic carbocycles. The molecule has 1 heterocycles. The fourth-order valence-corrected chi connectivity index (χ4v) is 1.53. The van der Waals surface area contributed by atoms with E-state index in [1.165, 1.54) is 0 Å². The molecule has 0 spiro atoms. The van der Waals surface area contributed by atoms with Gasteiger partial charge in [0.1, 0.15) is 6.10 Å². The second-order valence-corrected chi connectivity index (χ2v) is 3.85. The summed E-state index contributed by atoms with van der Waals surface area (Å²) in [6.45, 7) is -0.977. The summed E-state index contributed by atoms with van der Waals surface area (Å²) in [6, 6.07) is 0. The Morgan fingerprint density at radius 2 is 2.00 bits per heavy atom. The van der Waals surface area contributed by atoms with Gasteiger partial charge in [0, 0.05) is 0 Å². The predicted octanol–water partition coefficient (Wildman–Crippen LogP) is -1.58.